The largest absolute Gasteiger partial charge is 0.368 e. The molecule has 0 unspecified atom stereocenters. The molecule has 5 nitrogen and oxygen atoms in total. The van der Waals surface area contributed by atoms with Gasteiger partial charge in [0.05, 0.1) is 5.69 Å². The van der Waals surface area contributed by atoms with E-state index in [4.69, 9.17) is 5.73 Å². The quantitative estimate of drug-likeness (QED) is 0.801. The second kappa shape index (κ2) is 5.41. The summed E-state index contributed by atoms with van der Waals surface area (Å²) in [6, 6.07) is 3.62. The van der Waals surface area contributed by atoms with Crippen LogP contribution in [-0.2, 0) is 0 Å². The van der Waals surface area contributed by atoms with Crippen LogP contribution in [0, 0.1) is 0 Å². The number of hydrogen-bond donors (Lipinski definition) is 1. The molecule has 0 aliphatic rings. The number of nitrogen functional groups attached to an aromatic ring is 1. The molecule has 2 heterocycles. The normalized spacial score (nSPS) is 8.57. The van der Waals surface area contributed by atoms with Crippen molar-refractivity contribution in [3.05, 3.63) is 30.9 Å². The summed E-state index contributed by atoms with van der Waals surface area (Å²) in [4.78, 5) is 7.68. The van der Waals surface area contributed by atoms with Crippen LogP contribution in [0.5, 0.6) is 0 Å². The van der Waals surface area contributed by atoms with Crippen LogP contribution in [0.4, 0.5) is 5.95 Å². The van der Waals surface area contributed by atoms with Gasteiger partial charge in [0.25, 0.3) is 0 Å². The number of pyridine rings is 1. The Morgan fingerprint density at radius 1 is 1.14 bits per heavy atom. The van der Waals surface area contributed by atoms with E-state index in [1.54, 1.807) is 17.1 Å². The van der Waals surface area contributed by atoms with Gasteiger partial charge in [-0.1, -0.05) is 0 Å². The summed E-state index contributed by atoms with van der Waals surface area (Å²) < 4.78 is 1.54. The summed E-state index contributed by atoms with van der Waals surface area (Å²) in [5.41, 5.74) is 6.40. The molecule has 2 aromatic rings. The van der Waals surface area contributed by atoms with Crippen molar-refractivity contribution >= 4 is 30.8 Å². The van der Waals surface area contributed by atoms with Gasteiger partial charge in [-0.25, -0.2) is 0 Å². The van der Waals surface area contributed by atoms with E-state index in [2.05, 4.69) is 15.1 Å². The second-order valence-electron chi connectivity index (χ2n) is 2.24. The van der Waals surface area contributed by atoms with Gasteiger partial charge in [-0.15, -0.1) is 24.8 Å². The summed E-state index contributed by atoms with van der Waals surface area (Å²) in [6.45, 7) is 0. The first-order chi connectivity index (χ1) is 5.88. The Morgan fingerprint density at radius 2 is 1.79 bits per heavy atom. The van der Waals surface area contributed by atoms with Crippen LogP contribution in [-0.4, -0.2) is 19.7 Å². The molecular formula is C7H9Cl2N5. The molecule has 0 aliphatic heterocycles. The summed E-state index contributed by atoms with van der Waals surface area (Å²) in [5.74, 6) is 0.376. The number of halogens is 2. The summed E-state index contributed by atoms with van der Waals surface area (Å²) in [7, 11) is 0. The highest BCUT2D eigenvalue weighted by atomic mass is 35.5. The summed E-state index contributed by atoms with van der Waals surface area (Å²) in [5, 5.41) is 3.94. The SMILES string of the molecule is Cl.Cl.Nc1ncnn1-c1ccncc1. The molecule has 7 heteroatoms. The van der Waals surface area contributed by atoms with E-state index < -0.39 is 0 Å². The number of hydrogen-bond acceptors (Lipinski definition) is 4. The Hall–Kier alpha value is -1.33. The van der Waals surface area contributed by atoms with Crippen molar-refractivity contribution < 1.29 is 0 Å². The van der Waals surface area contributed by atoms with Gasteiger partial charge < -0.3 is 5.73 Å². The average Bonchev–Trinajstić information content (AvgIpc) is 2.53. The minimum absolute atomic E-state index is 0. The number of rotatable bonds is 1. The zero-order chi connectivity index (χ0) is 8.39. The highest BCUT2D eigenvalue weighted by molar-refractivity contribution is 5.85. The van der Waals surface area contributed by atoms with Crippen LogP contribution >= 0.6 is 24.8 Å². The van der Waals surface area contributed by atoms with Crippen LogP contribution in [0.3, 0.4) is 0 Å². The summed E-state index contributed by atoms with van der Waals surface area (Å²) in [6.07, 6.45) is 4.77. The van der Waals surface area contributed by atoms with Gasteiger partial charge in [-0.2, -0.15) is 14.8 Å². The molecule has 0 radical (unpaired) electrons. The average molecular weight is 234 g/mol. The molecule has 0 aromatic carbocycles. The number of anilines is 1. The van der Waals surface area contributed by atoms with Crippen molar-refractivity contribution in [1.29, 1.82) is 0 Å². The molecule has 0 saturated heterocycles. The topological polar surface area (TPSA) is 69.6 Å². The Bertz CT molecular complexity index is 375. The van der Waals surface area contributed by atoms with Crippen molar-refractivity contribution in [2.45, 2.75) is 0 Å². The third-order valence-corrected chi connectivity index (χ3v) is 1.48. The van der Waals surface area contributed by atoms with Gasteiger partial charge in [0.1, 0.15) is 6.33 Å². The van der Waals surface area contributed by atoms with Gasteiger partial charge in [0.2, 0.25) is 5.95 Å². The van der Waals surface area contributed by atoms with Crippen LogP contribution in [0.2, 0.25) is 0 Å². The molecule has 0 saturated carbocycles. The predicted molar refractivity (Wildman–Crippen MR) is 58.1 cm³/mol. The molecule has 0 amide bonds. The highest BCUT2D eigenvalue weighted by Crippen LogP contribution is 2.06. The Morgan fingerprint density at radius 3 is 2.29 bits per heavy atom. The maximum absolute atomic E-state index is 5.54. The first-order valence-electron chi connectivity index (χ1n) is 3.44. The molecule has 0 aliphatic carbocycles. The van der Waals surface area contributed by atoms with Crippen LogP contribution in [0.25, 0.3) is 5.69 Å². The van der Waals surface area contributed by atoms with E-state index in [1.165, 1.54) is 6.33 Å². The molecule has 2 N–H and O–H groups in total. The minimum atomic E-state index is 0. The van der Waals surface area contributed by atoms with Crippen molar-refractivity contribution in [3.8, 4) is 5.69 Å². The zero-order valence-corrected chi connectivity index (χ0v) is 8.70. The van der Waals surface area contributed by atoms with Crippen molar-refractivity contribution in [1.82, 2.24) is 19.7 Å². The monoisotopic (exact) mass is 233 g/mol. The maximum atomic E-state index is 5.54. The van der Waals surface area contributed by atoms with Gasteiger partial charge in [0, 0.05) is 12.4 Å². The number of nitrogens with zero attached hydrogens (tertiary/aromatic N) is 4. The van der Waals surface area contributed by atoms with Crippen LogP contribution in [0.15, 0.2) is 30.9 Å². The lowest BCUT2D eigenvalue weighted by Crippen LogP contribution is -2.01. The fourth-order valence-electron chi connectivity index (χ4n) is 0.935. The fourth-order valence-corrected chi connectivity index (χ4v) is 0.935. The number of aromatic nitrogens is 4. The number of nitrogens with two attached hydrogens (primary N) is 1. The van der Waals surface area contributed by atoms with E-state index in [0.717, 1.165) is 5.69 Å². The third kappa shape index (κ3) is 2.34. The molecule has 0 bridgehead atoms. The van der Waals surface area contributed by atoms with Gasteiger partial charge in [-0.3, -0.25) is 4.98 Å². The lowest BCUT2D eigenvalue weighted by atomic mass is 10.4. The van der Waals surface area contributed by atoms with E-state index in [-0.39, 0.29) is 24.8 Å². The predicted octanol–water partition coefficient (Wildman–Crippen LogP) is 1.09. The van der Waals surface area contributed by atoms with Crippen molar-refractivity contribution in [3.63, 3.8) is 0 Å². The standard InChI is InChI=1S/C7H7N5.2ClH/c8-7-10-5-11-12(7)6-1-3-9-4-2-6;;/h1-5H,(H2,8,10,11);2*1H. The minimum Gasteiger partial charge on any atom is -0.368 e. The molecule has 2 rings (SSSR count). The smallest absolute Gasteiger partial charge is 0.223 e. The molecule has 0 fully saturated rings. The van der Waals surface area contributed by atoms with Gasteiger partial charge >= 0.3 is 0 Å². The Balaban J connectivity index is 0.000000845. The molecule has 0 spiro atoms. The summed E-state index contributed by atoms with van der Waals surface area (Å²) >= 11 is 0. The maximum Gasteiger partial charge on any atom is 0.223 e. The van der Waals surface area contributed by atoms with Crippen molar-refractivity contribution in [2.75, 3.05) is 5.73 Å². The van der Waals surface area contributed by atoms with Crippen LogP contribution < -0.4 is 5.73 Å². The Kier molecular flexibility index (Phi) is 4.90. The first-order valence-corrected chi connectivity index (χ1v) is 3.44. The lowest BCUT2D eigenvalue weighted by molar-refractivity contribution is 0.887. The molecule has 14 heavy (non-hydrogen) atoms. The molecule has 2 aromatic heterocycles. The molecular weight excluding hydrogens is 225 g/mol. The Labute approximate surface area is 93.2 Å². The van der Waals surface area contributed by atoms with E-state index in [9.17, 15) is 0 Å². The van der Waals surface area contributed by atoms with E-state index >= 15 is 0 Å². The molecule has 0 atom stereocenters. The van der Waals surface area contributed by atoms with Crippen LogP contribution in [0.1, 0.15) is 0 Å². The van der Waals surface area contributed by atoms with Gasteiger partial charge in [0.15, 0.2) is 0 Å². The highest BCUT2D eigenvalue weighted by Gasteiger charge is 1.99. The fraction of sp³-hybridized carbons (Fsp3) is 0. The van der Waals surface area contributed by atoms with E-state index in [1.807, 2.05) is 12.1 Å². The zero-order valence-electron chi connectivity index (χ0n) is 7.07. The first kappa shape index (κ1) is 12.7. The second-order valence-corrected chi connectivity index (χ2v) is 2.24. The molecule has 76 valence electrons. The van der Waals surface area contributed by atoms with Gasteiger partial charge in [-0.05, 0) is 12.1 Å². The third-order valence-electron chi connectivity index (χ3n) is 1.48. The lowest BCUT2D eigenvalue weighted by Gasteiger charge is -1.99. The van der Waals surface area contributed by atoms with E-state index in [0.29, 0.717) is 5.95 Å². The van der Waals surface area contributed by atoms with Crippen molar-refractivity contribution in [2.24, 2.45) is 0 Å².